The third-order valence-electron chi connectivity index (χ3n) is 4.43. The molecule has 2 aromatic carbocycles. The Morgan fingerprint density at radius 1 is 1.12 bits per heavy atom. The van der Waals surface area contributed by atoms with E-state index in [-0.39, 0.29) is 16.2 Å². The van der Waals surface area contributed by atoms with Crippen molar-refractivity contribution in [1.82, 2.24) is 0 Å². The van der Waals surface area contributed by atoms with Crippen molar-refractivity contribution in [3.63, 3.8) is 0 Å². The molecule has 0 saturated carbocycles. The van der Waals surface area contributed by atoms with Crippen molar-refractivity contribution >= 4 is 21.6 Å². The van der Waals surface area contributed by atoms with E-state index in [0.717, 1.165) is 0 Å². The van der Waals surface area contributed by atoms with Gasteiger partial charge in [-0.1, -0.05) is 30.3 Å². The number of benzene rings is 2. The summed E-state index contributed by atoms with van der Waals surface area (Å²) in [6.07, 6.45) is -2.61. The number of amides is 1. The van der Waals surface area contributed by atoms with E-state index in [1.165, 1.54) is 56.0 Å². The first-order valence-electron chi connectivity index (χ1n) is 8.93. The highest BCUT2D eigenvalue weighted by Crippen LogP contribution is 2.37. The number of carbonyl (C=O) groups is 2. The molecule has 1 N–H and O–H groups in total. The van der Waals surface area contributed by atoms with Gasteiger partial charge < -0.3 is 14.3 Å². The first-order valence-corrected chi connectivity index (χ1v) is 10.6. The second kappa shape index (κ2) is 8.87. The molecule has 0 saturated heterocycles. The monoisotopic (exact) mass is 467 g/mol. The first kappa shape index (κ1) is 23.1. The predicted octanol–water partition coefficient (Wildman–Crippen LogP) is 4.77. The Morgan fingerprint density at radius 3 is 2.34 bits per heavy atom. The molecule has 3 aromatic rings. The van der Waals surface area contributed by atoms with Crippen LogP contribution in [0.3, 0.4) is 0 Å². The van der Waals surface area contributed by atoms with E-state index >= 15 is 0 Å². The van der Waals surface area contributed by atoms with Crippen LogP contribution in [0.25, 0.3) is 11.1 Å². The van der Waals surface area contributed by atoms with E-state index in [0.29, 0.717) is 11.1 Å². The zero-order valence-corrected chi connectivity index (χ0v) is 17.3. The number of nitrogens with zero attached hydrogens (tertiary/aromatic N) is 1. The van der Waals surface area contributed by atoms with Gasteiger partial charge in [0.1, 0.15) is 11.3 Å². The quantitative estimate of drug-likeness (QED) is 0.560. The van der Waals surface area contributed by atoms with Gasteiger partial charge >= 0.3 is 18.1 Å². The van der Waals surface area contributed by atoms with Gasteiger partial charge in [0.25, 0.3) is 0 Å². The van der Waals surface area contributed by atoms with Gasteiger partial charge in [-0.25, -0.2) is 9.00 Å². The van der Waals surface area contributed by atoms with Gasteiger partial charge in [0.2, 0.25) is 0 Å². The zero-order chi connectivity index (χ0) is 23.5. The third-order valence-corrected chi connectivity index (χ3v) is 6.60. The summed E-state index contributed by atoms with van der Waals surface area (Å²) in [6, 6.07) is 11.2. The molecule has 0 aliphatic heterocycles. The summed E-state index contributed by atoms with van der Waals surface area (Å²) in [4.78, 5) is 23.5. The number of rotatable bonds is 6. The van der Waals surface area contributed by atoms with Crippen LogP contribution in [0.15, 0.2) is 74.7 Å². The van der Waals surface area contributed by atoms with Crippen LogP contribution in [-0.4, -0.2) is 34.5 Å². The number of hydrogen-bond donors (Lipinski definition) is 1. The Hall–Kier alpha value is -3.60. The fourth-order valence-electron chi connectivity index (χ4n) is 3.03. The number of carboxylic acids is 1. The SMILES string of the molecule is COc1c(-c2ccoc2)ccc(CS(=O)(=NC(=O)C(F)(F)F)c2ccccc2)c1C(=O)O. The molecule has 1 heterocycles. The Labute approximate surface area is 180 Å². The number of carbonyl (C=O) groups excluding carboxylic acids is 1. The van der Waals surface area contributed by atoms with Gasteiger partial charge in [-0.2, -0.15) is 13.2 Å². The molecule has 1 atom stereocenters. The second-order valence-electron chi connectivity index (χ2n) is 6.49. The maximum Gasteiger partial charge on any atom is 0.474 e. The number of ether oxygens (including phenoxy) is 1. The van der Waals surface area contributed by atoms with Gasteiger partial charge in [0.15, 0.2) is 0 Å². The van der Waals surface area contributed by atoms with E-state index in [1.807, 2.05) is 0 Å². The van der Waals surface area contributed by atoms with Crippen LogP contribution in [-0.2, 0) is 20.3 Å². The van der Waals surface area contributed by atoms with Gasteiger partial charge in [0, 0.05) is 16.0 Å². The van der Waals surface area contributed by atoms with E-state index < -0.39 is 39.1 Å². The molecule has 0 aliphatic carbocycles. The molecule has 3 rings (SSSR count). The Morgan fingerprint density at radius 2 is 1.81 bits per heavy atom. The highest BCUT2D eigenvalue weighted by Gasteiger charge is 2.40. The fourth-order valence-corrected chi connectivity index (χ4v) is 4.99. The van der Waals surface area contributed by atoms with E-state index in [4.69, 9.17) is 9.15 Å². The average Bonchev–Trinajstić information content (AvgIpc) is 3.27. The molecule has 0 fully saturated rings. The smallest absolute Gasteiger partial charge is 0.474 e. The highest BCUT2D eigenvalue weighted by atomic mass is 32.2. The molecule has 11 heteroatoms. The van der Waals surface area contributed by atoms with Crippen molar-refractivity contribution in [3.05, 3.63) is 72.2 Å². The number of hydrogen-bond acceptors (Lipinski definition) is 5. The maximum absolute atomic E-state index is 13.6. The maximum atomic E-state index is 13.6. The molecular weight excluding hydrogens is 451 g/mol. The molecule has 0 aliphatic rings. The largest absolute Gasteiger partial charge is 0.495 e. The molecule has 1 unspecified atom stereocenters. The summed E-state index contributed by atoms with van der Waals surface area (Å²) in [6.45, 7) is 0. The first-order chi connectivity index (χ1) is 15.1. The van der Waals surface area contributed by atoms with Crippen molar-refractivity contribution in [1.29, 1.82) is 0 Å². The summed E-state index contributed by atoms with van der Waals surface area (Å²) >= 11 is 0. The molecule has 0 bridgehead atoms. The predicted molar refractivity (Wildman–Crippen MR) is 108 cm³/mol. The van der Waals surface area contributed by atoms with Crippen molar-refractivity contribution < 1.29 is 41.2 Å². The second-order valence-corrected chi connectivity index (χ2v) is 8.71. The summed E-state index contributed by atoms with van der Waals surface area (Å²) < 4.78 is 65.5. The van der Waals surface area contributed by atoms with Crippen LogP contribution in [0.5, 0.6) is 5.75 Å². The Balaban J connectivity index is 2.23. The summed E-state index contributed by atoms with van der Waals surface area (Å²) in [5.41, 5.74) is 0.312. The van der Waals surface area contributed by atoms with Crippen LogP contribution in [0.2, 0.25) is 0 Å². The number of aromatic carboxylic acids is 1. The summed E-state index contributed by atoms with van der Waals surface area (Å²) in [5.74, 6) is -4.85. The minimum atomic E-state index is -5.34. The molecule has 1 amide bonds. The molecule has 0 radical (unpaired) electrons. The third kappa shape index (κ3) is 4.67. The van der Waals surface area contributed by atoms with Crippen molar-refractivity contribution in [2.45, 2.75) is 16.8 Å². The number of methoxy groups -OCH3 is 1. The fraction of sp³-hybridized carbons (Fsp3) is 0.143. The minimum absolute atomic E-state index is 0.103. The van der Waals surface area contributed by atoms with Crippen LogP contribution >= 0.6 is 0 Å². The van der Waals surface area contributed by atoms with Crippen LogP contribution in [0.1, 0.15) is 15.9 Å². The highest BCUT2D eigenvalue weighted by molar-refractivity contribution is 7.93. The number of alkyl halides is 3. The van der Waals surface area contributed by atoms with Crippen LogP contribution < -0.4 is 4.74 Å². The van der Waals surface area contributed by atoms with Gasteiger partial charge in [-0.15, -0.1) is 4.36 Å². The van der Waals surface area contributed by atoms with E-state index in [9.17, 15) is 32.1 Å². The Kier molecular flexibility index (Phi) is 6.40. The lowest BCUT2D eigenvalue weighted by molar-refractivity contribution is -0.169. The topological polar surface area (TPSA) is 106 Å². The van der Waals surface area contributed by atoms with Gasteiger partial charge in [-0.05, 0) is 23.8 Å². The Bertz CT molecular complexity index is 1260. The van der Waals surface area contributed by atoms with Crippen LogP contribution in [0, 0.1) is 0 Å². The molecule has 168 valence electrons. The molecule has 32 heavy (non-hydrogen) atoms. The molecule has 1 aromatic heterocycles. The van der Waals surface area contributed by atoms with Crippen LogP contribution in [0.4, 0.5) is 13.2 Å². The zero-order valence-electron chi connectivity index (χ0n) is 16.5. The standard InChI is InChI=1S/C21H16F3NO6S/c1-30-18-16(13-9-10-31-11-13)8-7-14(17(18)19(26)27)12-32(29,15-5-3-2-4-6-15)25-20(28)21(22,23)24/h2-11H,12H2,1H3,(H,26,27). The molecular formula is C21H16F3NO6S. The van der Waals surface area contributed by atoms with Crippen molar-refractivity contribution in [2.75, 3.05) is 7.11 Å². The van der Waals surface area contributed by atoms with Gasteiger partial charge in [-0.3, -0.25) is 4.79 Å². The van der Waals surface area contributed by atoms with E-state index in [2.05, 4.69) is 4.36 Å². The number of carboxylic acid groups (broad SMARTS) is 1. The molecule has 7 nitrogen and oxygen atoms in total. The molecule has 0 spiro atoms. The lowest BCUT2D eigenvalue weighted by Crippen LogP contribution is -2.23. The van der Waals surface area contributed by atoms with E-state index in [1.54, 1.807) is 12.1 Å². The summed E-state index contributed by atoms with van der Waals surface area (Å²) in [5, 5.41) is 9.80. The minimum Gasteiger partial charge on any atom is -0.495 e. The lowest BCUT2D eigenvalue weighted by Gasteiger charge is -2.17. The number of furan rings is 1. The number of halogens is 3. The normalized spacial score (nSPS) is 13.2. The average molecular weight is 467 g/mol. The van der Waals surface area contributed by atoms with Crippen molar-refractivity contribution in [2.24, 2.45) is 4.36 Å². The lowest BCUT2D eigenvalue weighted by atomic mass is 9.99. The van der Waals surface area contributed by atoms with Gasteiger partial charge in [0.05, 0.1) is 35.1 Å². The summed E-state index contributed by atoms with van der Waals surface area (Å²) in [7, 11) is -2.81. The van der Waals surface area contributed by atoms with Crippen molar-refractivity contribution in [3.8, 4) is 16.9 Å².